The van der Waals surface area contributed by atoms with Gasteiger partial charge >= 0.3 is 0 Å². The van der Waals surface area contributed by atoms with Crippen molar-refractivity contribution in [2.75, 3.05) is 12.4 Å². The number of hydrogen-bond acceptors (Lipinski definition) is 5. The summed E-state index contributed by atoms with van der Waals surface area (Å²) in [5, 5.41) is 3.48. The van der Waals surface area contributed by atoms with Gasteiger partial charge in [-0.05, 0) is 30.5 Å². The van der Waals surface area contributed by atoms with Gasteiger partial charge in [0.2, 0.25) is 0 Å². The normalized spacial score (nSPS) is 11.1. The quantitative estimate of drug-likeness (QED) is 0.351. The molecule has 4 aromatic rings. The zero-order valence-electron chi connectivity index (χ0n) is 16.2. The van der Waals surface area contributed by atoms with Crippen LogP contribution in [0.4, 0.5) is 0 Å². The van der Waals surface area contributed by atoms with Gasteiger partial charge < -0.3 is 4.74 Å². The number of rotatable bonds is 8. The average Bonchev–Trinajstić information content (AvgIpc) is 3.14. The van der Waals surface area contributed by atoms with Crippen molar-refractivity contribution < 1.29 is 4.74 Å². The number of ether oxygens (including phenoxy) is 1. The molecule has 148 valence electrons. The number of aromatic amines is 1. The molecular weight excluding hydrogens is 384 g/mol. The minimum atomic E-state index is -0.190. The highest BCUT2D eigenvalue weighted by atomic mass is 32.2. The smallest absolute Gasteiger partial charge is 0.266 e. The summed E-state index contributed by atoms with van der Waals surface area (Å²) in [6.07, 6.45) is 1.88. The van der Waals surface area contributed by atoms with E-state index in [2.05, 4.69) is 34.1 Å². The molecule has 0 unspecified atom stereocenters. The molecule has 2 heterocycles. The predicted octanol–water partition coefficient (Wildman–Crippen LogP) is 4.21. The lowest BCUT2D eigenvalue weighted by molar-refractivity contribution is 0.318. The Bertz CT molecular complexity index is 1140. The number of nitrogens with one attached hydrogen (secondary N) is 1. The van der Waals surface area contributed by atoms with Gasteiger partial charge in [0.05, 0.1) is 6.61 Å². The zero-order valence-corrected chi connectivity index (χ0v) is 17.0. The largest absolute Gasteiger partial charge is 0.494 e. The van der Waals surface area contributed by atoms with Gasteiger partial charge in [0.1, 0.15) is 5.75 Å². The number of H-pyrrole nitrogens is 1. The second-order valence-electron chi connectivity index (χ2n) is 6.56. The third-order valence-electron chi connectivity index (χ3n) is 4.48. The first-order valence-electron chi connectivity index (χ1n) is 9.63. The van der Waals surface area contributed by atoms with Crippen molar-refractivity contribution in [2.24, 2.45) is 0 Å². The molecule has 2 aromatic carbocycles. The van der Waals surface area contributed by atoms with Gasteiger partial charge in [-0.3, -0.25) is 9.89 Å². The van der Waals surface area contributed by atoms with E-state index in [9.17, 15) is 4.79 Å². The van der Waals surface area contributed by atoms with E-state index in [0.717, 1.165) is 29.9 Å². The highest BCUT2D eigenvalue weighted by molar-refractivity contribution is 7.99. The molecule has 0 bridgehead atoms. The van der Waals surface area contributed by atoms with E-state index in [1.807, 2.05) is 42.5 Å². The van der Waals surface area contributed by atoms with Crippen molar-refractivity contribution in [3.05, 3.63) is 76.6 Å². The monoisotopic (exact) mass is 406 g/mol. The molecule has 0 fully saturated rings. The fourth-order valence-electron chi connectivity index (χ4n) is 2.93. The molecule has 1 N–H and O–H groups in total. The molecule has 0 aliphatic heterocycles. The predicted molar refractivity (Wildman–Crippen MR) is 116 cm³/mol. The van der Waals surface area contributed by atoms with Crippen LogP contribution >= 0.6 is 11.8 Å². The Morgan fingerprint density at radius 1 is 1.07 bits per heavy atom. The van der Waals surface area contributed by atoms with Gasteiger partial charge in [-0.25, -0.2) is 14.5 Å². The maximum atomic E-state index is 11.8. The molecule has 0 spiro atoms. The lowest BCUT2D eigenvalue weighted by Crippen LogP contribution is -2.05. The summed E-state index contributed by atoms with van der Waals surface area (Å²) in [6.45, 7) is 2.76. The second kappa shape index (κ2) is 8.96. The van der Waals surface area contributed by atoms with Crippen molar-refractivity contribution >= 4 is 17.4 Å². The van der Waals surface area contributed by atoms with Gasteiger partial charge in [0.25, 0.3) is 5.56 Å². The molecule has 0 aliphatic rings. The SMILES string of the molecule is CCc1ccc(OCCCSc2nc(-c3ccccc3)nc3cc(=O)[nH]n23)cc1. The van der Waals surface area contributed by atoms with Crippen LogP contribution in [0.15, 0.2) is 70.6 Å². The van der Waals surface area contributed by atoms with Crippen molar-refractivity contribution in [1.29, 1.82) is 0 Å². The number of aryl methyl sites for hydroxylation is 1. The van der Waals surface area contributed by atoms with Crippen LogP contribution in [-0.2, 0) is 6.42 Å². The third-order valence-corrected chi connectivity index (χ3v) is 5.50. The summed E-state index contributed by atoms with van der Waals surface area (Å²) >= 11 is 1.58. The summed E-state index contributed by atoms with van der Waals surface area (Å²) in [4.78, 5) is 21.0. The van der Waals surface area contributed by atoms with Crippen LogP contribution in [0.25, 0.3) is 17.0 Å². The van der Waals surface area contributed by atoms with Crippen LogP contribution < -0.4 is 10.3 Å². The topological polar surface area (TPSA) is 72.3 Å². The molecule has 0 radical (unpaired) electrons. The van der Waals surface area contributed by atoms with Crippen LogP contribution in [0.3, 0.4) is 0 Å². The molecule has 7 heteroatoms. The van der Waals surface area contributed by atoms with Crippen LogP contribution in [0.1, 0.15) is 18.9 Å². The zero-order chi connectivity index (χ0) is 20.1. The molecule has 0 aliphatic carbocycles. The Morgan fingerprint density at radius 2 is 1.86 bits per heavy atom. The molecular formula is C22H22N4O2S. The highest BCUT2D eigenvalue weighted by Gasteiger charge is 2.11. The fourth-order valence-corrected chi connectivity index (χ4v) is 3.79. The summed E-state index contributed by atoms with van der Waals surface area (Å²) in [6, 6.07) is 19.5. The van der Waals surface area contributed by atoms with Crippen LogP contribution in [0.2, 0.25) is 0 Å². The first-order chi connectivity index (χ1) is 14.2. The van der Waals surface area contributed by atoms with Crippen molar-refractivity contribution in [3.63, 3.8) is 0 Å². The number of aromatic nitrogens is 4. The molecule has 0 saturated carbocycles. The van der Waals surface area contributed by atoms with E-state index in [1.54, 1.807) is 16.3 Å². The Kier molecular flexibility index (Phi) is 5.95. The van der Waals surface area contributed by atoms with Gasteiger partial charge in [-0.15, -0.1) is 0 Å². The van der Waals surface area contributed by atoms with E-state index in [-0.39, 0.29) is 5.56 Å². The summed E-state index contributed by atoms with van der Waals surface area (Å²) < 4.78 is 7.46. The number of fused-ring (bicyclic) bond motifs is 1. The maximum absolute atomic E-state index is 11.8. The van der Waals surface area contributed by atoms with Crippen LogP contribution in [0, 0.1) is 0 Å². The summed E-state index contributed by atoms with van der Waals surface area (Å²) in [5.41, 5.74) is 2.60. The van der Waals surface area contributed by atoms with Crippen molar-refractivity contribution in [3.8, 4) is 17.1 Å². The third kappa shape index (κ3) is 4.68. The number of benzene rings is 2. The molecule has 0 amide bonds. The maximum Gasteiger partial charge on any atom is 0.266 e. The van der Waals surface area contributed by atoms with Crippen LogP contribution in [0.5, 0.6) is 5.75 Å². The van der Waals surface area contributed by atoms with Gasteiger partial charge in [0.15, 0.2) is 16.6 Å². The number of nitrogens with zero attached hydrogens (tertiary/aromatic N) is 3. The molecule has 29 heavy (non-hydrogen) atoms. The van der Waals surface area contributed by atoms with Gasteiger partial charge in [-0.1, -0.05) is 61.2 Å². The van der Waals surface area contributed by atoms with Crippen molar-refractivity contribution in [2.45, 2.75) is 24.9 Å². The minimum absolute atomic E-state index is 0.190. The minimum Gasteiger partial charge on any atom is -0.494 e. The van der Waals surface area contributed by atoms with Crippen LogP contribution in [-0.4, -0.2) is 31.9 Å². The van der Waals surface area contributed by atoms with E-state index < -0.39 is 0 Å². The van der Waals surface area contributed by atoms with Crippen molar-refractivity contribution in [1.82, 2.24) is 19.6 Å². The van der Waals surface area contributed by atoms with E-state index >= 15 is 0 Å². The first kappa shape index (κ1) is 19.3. The molecule has 6 nitrogen and oxygen atoms in total. The van der Waals surface area contributed by atoms with E-state index in [4.69, 9.17) is 4.74 Å². The summed E-state index contributed by atoms with van der Waals surface area (Å²) in [7, 11) is 0. The first-order valence-corrected chi connectivity index (χ1v) is 10.6. The Labute approximate surface area is 173 Å². The Hall–Kier alpha value is -3.06. The van der Waals surface area contributed by atoms with Gasteiger partial charge in [0, 0.05) is 17.4 Å². The standard InChI is InChI=1S/C22H22N4O2S/c1-2-16-9-11-18(12-10-16)28-13-6-14-29-22-24-21(17-7-4-3-5-8-17)23-19-15-20(27)25-26(19)22/h3-5,7-12,15H,2,6,13-14H2,1H3,(H,25,27). The molecule has 2 aromatic heterocycles. The lowest BCUT2D eigenvalue weighted by atomic mass is 10.2. The lowest BCUT2D eigenvalue weighted by Gasteiger charge is -2.08. The molecule has 4 rings (SSSR count). The Balaban J connectivity index is 1.42. The fraction of sp³-hybridized carbons (Fsp3) is 0.227. The van der Waals surface area contributed by atoms with E-state index in [1.165, 1.54) is 11.6 Å². The molecule has 0 atom stereocenters. The number of hydrogen-bond donors (Lipinski definition) is 1. The number of thioether (sulfide) groups is 1. The highest BCUT2D eigenvalue weighted by Crippen LogP contribution is 2.22. The van der Waals surface area contributed by atoms with Gasteiger partial charge in [-0.2, -0.15) is 0 Å². The second-order valence-corrected chi connectivity index (χ2v) is 7.62. The average molecular weight is 407 g/mol. The molecule has 0 saturated heterocycles. The Morgan fingerprint density at radius 3 is 2.62 bits per heavy atom. The summed E-state index contributed by atoms with van der Waals surface area (Å²) in [5.74, 6) is 2.31. The van der Waals surface area contributed by atoms with E-state index in [0.29, 0.717) is 23.2 Å².